The van der Waals surface area contributed by atoms with Crippen molar-refractivity contribution >= 4 is 33.4 Å². The van der Waals surface area contributed by atoms with Gasteiger partial charge in [0.25, 0.3) is 0 Å². The highest BCUT2D eigenvalue weighted by atomic mass is 35.5. The van der Waals surface area contributed by atoms with E-state index in [-0.39, 0.29) is 12.0 Å². The molecule has 0 aromatic carbocycles. The first-order valence-electron chi connectivity index (χ1n) is 8.48. The number of hydrogen-bond acceptors (Lipinski definition) is 5. The van der Waals surface area contributed by atoms with E-state index in [1.165, 1.54) is 0 Å². The second-order valence-corrected chi connectivity index (χ2v) is 9.76. The fourth-order valence-corrected chi connectivity index (χ4v) is 3.57. The second-order valence-electron chi connectivity index (χ2n) is 7.60. The summed E-state index contributed by atoms with van der Waals surface area (Å²) in [5.41, 5.74) is 1.19. The lowest BCUT2D eigenvalue weighted by atomic mass is 9.92. The molecule has 0 unspecified atom stereocenters. The number of carbonyl (C=O) groups excluding carboxylic acids is 1. The van der Waals surface area contributed by atoms with Crippen molar-refractivity contribution in [2.45, 2.75) is 52.1 Å². The van der Waals surface area contributed by atoms with Gasteiger partial charge in [0.1, 0.15) is 5.60 Å². The van der Waals surface area contributed by atoms with Crippen LogP contribution in [0.2, 0.25) is 5.02 Å². The number of hydrogen-bond donors (Lipinski definition) is 1. The van der Waals surface area contributed by atoms with Gasteiger partial charge in [-0.15, -0.1) is 0 Å². The van der Waals surface area contributed by atoms with E-state index in [1.54, 1.807) is 17.9 Å². The fourth-order valence-electron chi connectivity index (χ4n) is 2.85. The van der Waals surface area contributed by atoms with Gasteiger partial charge in [0.05, 0.1) is 28.4 Å². The summed E-state index contributed by atoms with van der Waals surface area (Å²) in [4.78, 5) is 18.4. The first kappa shape index (κ1) is 20.8. The summed E-state index contributed by atoms with van der Waals surface area (Å²) in [5, 5.41) is 0.408. The third kappa shape index (κ3) is 5.74. The molecule has 2 rings (SSSR count). The van der Waals surface area contributed by atoms with Crippen LogP contribution in [0.3, 0.4) is 0 Å². The van der Waals surface area contributed by atoms with Gasteiger partial charge in [-0.05, 0) is 46.6 Å². The van der Waals surface area contributed by atoms with Crippen molar-refractivity contribution in [3.05, 3.63) is 22.5 Å². The normalized spacial score (nSPS) is 16.5. The first-order valence-corrected chi connectivity index (χ1v) is 10.8. The number of sulfonamides is 1. The van der Waals surface area contributed by atoms with Gasteiger partial charge in [0, 0.05) is 19.0 Å². The molecule has 0 atom stereocenters. The largest absolute Gasteiger partial charge is 0.444 e. The topological polar surface area (TPSA) is 88.6 Å². The number of aromatic nitrogens is 1. The maximum absolute atomic E-state index is 12.2. The maximum Gasteiger partial charge on any atom is 0.410 e. The van der Waals surface area contributed by atoms with E-state index < -0.39 is 15.6 Å². The standard InChI is InChI=1S/C17H26ClN3O4S/c1-11-13(18)10-14(20-26(5,23)24)15(19-11)12-6-8-21(9-7-12)16(22)25-17(2,3)4/h10,12,20H,6-9H2,1-5H3. The van der Waals surface area contributed by atoms with Crippen molar-refractivity contribution in [2.24, 2.45) is 0 Å². The number of likely N-dealkylation sites (tertiary alicyclic amines) is 1. The van der Waals surface area contributed by atoms with Gasteiger partial charge in [-0.3, -0.25) is 9.71 Å². The Balaban J connectivity index is 2.16. The van der Waals surface area contributed by atoms with Crippen LogP contribution in [0.25, 0.3) is 0 Å². The van der Waals surface area contributed by atoms with Gasteiger partial charge < -0.3 is 9.64 Å². The molecule has 7 nitrogen and oxygen atoms in total. The number of pyridine rings is 1. The Morgan fingerprint density at radius 3 is 2.42 bits per heavy atom. The summed E-state index contributed by atoms with van der Waals surface area (Å²) in [7, 11) is -3.45. The zero-order chi connectivity index (χ0) is 19.7. The highest BCUT2D eigenvalue weighted by molar-refractivity contribution is 7.92. The summed E-state index contributed by atoms with van der Waals surface area (Å²) in [5.74, 6) is 0.0360. The molecule has 9 heteroatoms. The number of amides is 1. The Morgan fingerprint density at radius 2 is 1.92 bits per heavy atom. The van der Waals surface area contributed by atoms with Gasteiger partial charge >= 0.3 is 6.09 Å². The molecule has 0 aliphatic carbocycles. The molecule has 0 bridgehead atoms. The van der Waals surface area contributed by atoms with Crippen LogP contribution >= 0.6 is 11.6 Å². The second kappa shape index (κ2) is 7.60. The summed E-state index contributed by atoms with van der Waals surface area (Å²) in [6, 6.07) is 1.60. The van der Waals surface area contributed by atoms with Gasteiger partial charge in [-0.1, -0.05) is 11.6 Å². The zero-order valence-electron chi connectivity index (χ0n) is 15.8. The molecular formula is C17H26ClN3O4S. The van der Waals surface area contributed by atoms with Crippen molar-refractivity contribution in [1.82, 2.24) is 9.88 Å². The predicted octanol–water partition coefficient (Wildman–Crippen LogP) is 3.53. The summed E-state index contributed by atoms with van der Waals surface area (Å²) in [6.45, 7) is 8.35. The van der Waals surface area contributed by atoms with Crippen LogP contribution in [0.5, 0.6) is 0 Å². The van der Waals surface area contributed by atoms with Crippen molar-refractivity contribution in [1.29, 1.82) is 0 Å². The average molecular weight is 404 g/mol. The molecule has 1 amide bonds. The molecule has 0 saturated carbocycles. The molecule has 1 aromatic heterocycles. The van der Waals surface area contributed by atoms with Crippen LogP contribution in [0.4, 0.5) is 10.5 Å². The van der Waals surface area contributed by atoms with Crippen LogP contribution in [0, 0.1) is 6.92 Å². The Labute approximate surface area is 160 Å². The molecule has 1 saturated heterocycles. The molecule has 1 fully saturated rings. The number of ether oxygens (including phenoxy) is 1. The number of aryl methyl sites for hydroxylation is 1. The lowest BCUT2D eigenvalue weighted by Gasteiger charge is -2.33. The molecule has 1 aromatic rings. The number of rotatable bonds is 3. The van der Waals surface area contributed by atoms with Crippen LogP contribution in [-0.4, -0.2) is 49.3 Å². The van der Waals surface area contributed by atoms with Crippen molar-refractivity contribution in [2.75, 3.05) is 24.1 Å². The number of piperidine rings is 1. The minimum atomic E-state index is -3.45. The maximum atomic E-state index is 12.2. The van der Waals surface area contributed by atoms with E-state index in [1.807, 2.05) is 20.8 Å². The molecule has 1 aliphatic rings. The lowest BCUT2D eigenvalue weighted by Crippen LogP contribution is -2.41. The number of anilines is 1. The highest BCUT2D eigenvalue weighted by Gasteiger charge is 2.29. The first-order chi connectivity index (χ1) is 11.9. The van der Waals surface area contributed by atoms with Crippen molar-refractivity contribution < 1.29 is 17.9 Å². The van der Waals surface area contributed by atoms with Crippen LogP contribution in [-0.2, 0) is 14.8 Å². The van der Waals surface area contributed by atoms with E-state index in [9.17, 15) is 13.2 Å². The molecule has 0 radical (unpaired) electrons. The fraction of sp³-hybridized carbons (Fsp3) is 0.647. The van der Waals surface area contributed by atoms with Crippen molar-refractivity contribution in [3.8, 4) is 0 Å². The van der Waals surface area contributed by atoms with Crippen molar-refractivity contribution in [3.63, 3.8) is 0 Å². The van der Waals surface area contributed by atoms with Gasteiger partial charge in [0.15, 0.2) is 0 Å². The Bertz CT molecular complexity index is 782. The third-order valence-electron chi connectivity index (χ3n) is 4.01. The van der Waals surface area contributed by atoms with Gasteiger partial charge in [-0.2, -0.15) is 0 Å². The molecule has 2 heterocycles. The molecule has 146 valence electrons. The van der Waals surface area contributed by atoms with Crippen LogP contribution < -0.4 is 4.72 Å². The molecular weight excluding hydrogens is 378 g/mol. The Hall–Kier alpha value is -1.54. The zero-order valence-corrected chi connectivity index (χ0v) is 17.4. The number of nitrogens with one attached hydrogen (secondary N) is 1. The average Bonchev–Trinajstić information content (AvgIpc) is 2.48. The quantitative estimate of drug-likeness (QED) is 0.833. The summed E-state index contributed by atoms with van der Waals surface area (Å²) >= 11 is 6.11. The van der Waals surface area contributed by atoms with E-state index in [4.69, 9.17) is 16.3 Å². The Kier molecular flexibility index (Phi) is 6.07. The highest BCUT2D eigenvalue weighted by Crippen LogP contribution is 2.34. The van der Waals surface area contributed by atoms with Gasteiger partial charge in [0.2, 0.25) is 10.0 Å². The van der Waals surface area contributed by atoms with E-state index >= 15 is 0 Å². The van der Waals surface area contributed by atoms with E-state index in [0.29, 0.717) is 48.0 Å². The number of halogens is 1. The summed E-state index contributed by atoms with van der Waals surface area (Å²) in [6.07, 6.45) is 2.11. The number of nitrogens with zero attached hydrogens (tertiary/aromatic N) is 2. The molecule has 26 heavy (non-hydrogen) atoms. The van der Waals surface area contributed by atoms with E-state index in [0.717, 1.165) is 6.26 Å². The Morgan fingerprint density at radius 1 is 1.35 bits per heavy atom. The SMILES string of the molecule is Cc1nc(C2CCN(C(=O)OC(C)(C)C)CC2)c(NS(C)(=O)=O)cc1Cl. The molecule has 0 spiro atoms. The summed E-state index contributed by atoms with van der Waals surface area (Å²) < 4.78 is 31.2. The lowest BCUT2D eigenvalue weighted by molar-refractivity contribution is 0.0204. The minimum Gasteiger partial charge on any atom is -0.444 e. The smallest absolute Gasteiger partial charge is 0.410 e. The number of carbonyl (C=O) groups is 1. The molecule has 1 aliphatic heterocycles. The van der Waals surface area contributed by atoms with E-state index in [2.05, 4.69) is 9.71 Å². The third-order valence-corrected chi connectivity index (χ3v) is 4.98. The predicted molar refractivity (Wildman–Crippen MR) is 102 cm³/mol. The van der Waals surface area contributed by atoms with Crippen LogP contribution in [0.1, 0.15) is 50.9 Å². The van der Waals surface area contributed by atoms with Crippen LogP contribution in [0.15, 0.2) is 6.07 Å². The monoisotopic (exact) mass is 403 g/mol. The van der Waals surface area contributed by atoms with Gasteiger partial charge in [-0.25, -0.2) is 13.2 Å². The molecule has 1 N–H and O–H groups in total. The minimum absolute atomic E-state index is 0.0360.